The lowest BCUT2D eigenvalue weighted by Crippen LogP contribution is -2.24. The fourth-order valence-corrected chi connectivity index (χ4v) is 1.64. The molecule has 3 rings (SSSR count). The highest BCUT2D eigenvalue weighted by Crippen LogP contribution is 2.18. The molecule has 0 amide bonds. The zero-order chi connectivity index (χ0) is 10.8. The topological polar surface area (TPSA) is 78.5 Å². The molecule has 2 aromatic heterocycles. The summed E-state index contributed by atoms with van der Waals surface area (Å²) in [5, 5.41) is 6.71. The molecule has 3 N–H and O–H groups in total. The van der Waals surface area contributed by atoms with Crippen LogP contribution in [0.25, 0.3) is 11.2 Å². The predicted octanol–water partition coefficient (Wildman–Crippen LogP) is 0.517. The minimum absolute atomic E-state index is 0.702. The third kappa shape index (κ3) is 1.96. The Balaban J connectivity index is 1.61. The second kappa shape index (κ2) is 4.05. The molecule has 0 aromatic carbocycles. The summed E-state index contributed by atoms with van der Waals surface area (Å²) in [5.41, 5.74) is 1.57. The smallest absolute Gasteiger partial charge is 0.182 e. The molecule has 2 heterocycles. The Bertz CT molecular complexity index is 475. The number of nitrogens with zero attached hydrogens (tertiary/aromatic N) is 3. The van der Waals surface area contributed by atoms with Crippen LogP contribution in [0.5, 0.6) is 0 Å². The molecule has 6 heteroatoms. The quantitative estimate of drug-likeness (QED) is 0.637. The molecule has 0 atom stereocenters. The second-order valence-corrected chi connectivity index (χ2v) is 3.98. The van der Waals surface area contributed by atoms with Crippen LogP contribution >= 0.6 is 0 Å². The van der Waals surface area contributed by atoms with Gasteiger partial charge in [-0.2, -0.15) is 0 Å². The van der Waals surface area contributed by atoms with Crippen molar-refractivity contribution in [2.24, 2.45) is 0 Å². The zero-order valence-corrected chi connectivity index (χ0v) is 8.90. The number of rotatable bonds is 5. The van der Waals surface area contributed by atoms with Crippen LogP contribution in [0.15, 0.2) is 12.7 Å². The van der Waals surface area contributed by atoms with E-state index in [4.69, 9.17) is 0 Å². The van der Waals surface area contributed by atoms with Gasteiger partial charge in [0, 0.05) is 19.1 Å². The van der Waals surface area contributed by atoms with Gasteiger partial charge < -0.3 is 15.6 Å². The van der Waals surface area contributed by atoms with E-state index in [-0.39, 0.29) is 0 Å². The first-order valence-electron chi connectivity index (χ1n) is 5.55. The van der Waals surface area contributed by atoms with Gasteiger partial charge in [0.1, 0.15) is 11.8 Å². The average Bonchev–Trinajstić information content (AvgIpc) is 3.00. The monoisotopic (exact) mass is 218 g/mol. The van der Waals surface area contributed by atoms with Crippen molar-refractivity contribution in [1.29, 1.82) is 0 Å². The molecule has 1 aliphatic carbocycles. The Labute approximate surface area is 92.9 Å². The van der Waals surface area contributed by atoms with Gasteiger partial charge in [-0.25, -0.2) is 15.0 Å². The minimum Gasteiger partial charge on any atom is -0.367 e. The summed E-state index contributed by atoms with van der Waals surface area (Å²) in [6, 6.07) is 0.749. The number of nitrogens with one attached hydrogen (secondary N) is 3. The van der Waals surface area contributed by atoms with Crippen molar-refractivity contribution < 1.29 is 0 Å². The van der Waals surface area contributed by atoms with Crippen molar-refractivity contribution in [2.75, 3.05) is 18.4 Å². The number of aromatic amines is 1. The van der Waals surface area contributed by atoms with Gasteiger partial charge >= 0.3 is 0 Å². The van der Waals surface area contributed by atoms with Crippen LogP contribution in [0.4, 0.5) is 5.82 Å². The first-order valence-corrected chi connectivity index (χ1v) is 5.55. The Morgan fingerprint density at radius 3 is 3.06 bits per heavy atom. The van der Waals surface area contributed by atoms with Crippen LogP contribution in [-0.2, 0) is 0 Å². The summed E-state index contributed by atoms with van der Waals surface area (Å²) in [6.45, 7) is 1.83. The van der Waals surface area contributed by atoms with Crippen molar-refractivity contribution in [3.05, 3.63) is 12.7 Å². The average molecular weight is 218 g/mol. The van der Waals surface area contributed by atoms with Gasteiger partial charge in [-0.15, -0.1) is 0 Å². The molecule has 0 radical (unpaired) electrons. The molecular formula is C10H14N6. The van der Waals surface area contributed by atoms with Gasteiger partial charge in [0.15, 0.2) is 11.5 Å². The van der Waals surface area contributed by atoms with E-state index in [0.717, 1.165) is 30.5 Å². The van der Waals surface area contributed by atoms with Gasteiger partial charge in [0.25, 0.3) is 0 Å². The van der Waals surface area contributed by atoms with E-state index in [9.17, 15) is 0 Å². The summed E-state index contributed by atoms with van der Waals surface area (Å²) >= 11 is 0. The van der Waals surface area contributed by atoms with E-state index in [1.54, 1.807) is 6.33 Å². The Morgan fingerprint density at radius 1 is 1.25 bits per heavy atom. The summed E-state index contributed by atoms with van der Waals surface area (Å²) in [5.74, 6) is 0.820. The zero-order valence-electron chi connectivity index (χ0n) is 8.90. The lowest BCUT2D eigenvalue weighted by molar-refractivity contribution is 0.701. The SMILES string of the molecule is c1nc(NCCNC2CC2)c2[nH]cnc2n1. The second-order valence-electron chi connectivity index (χ2n) is 3.98. The van der Waals surface area contributed by atoms with Crippen LogP contribution in [0.1, 0.15) is 12.8 Å². The Hall–Kier alpha value is -1.69. The molecule has 1 aliphatic rings. The van der Waals surface area contributed by atoms with Gasteiger partial charge in [0.05, 0.1) is 6.33 Å². The highest BCUT2D eigenvalue weighted by molar-refractivity contribution is 5.81. The summed E-state index contributed by atoms with van der Waals surface area (Å²) in [7, 11) is 0. The molecular weight excluding hydrogens is 204 g/mol. The lowest BCUT2D eigenvalue weighted by Gasteiger charge is -2.06. The molecule has 0 bridgehead atoms. The van der Waals surface area contributed by atoms with Crippen molar-refractivity contribution in [2.45, 2.75) is 18.9 Å². The van der Waals surface area contributed by atoms with Crippen LogP contribution < -0.4 is 10.6 Å². The molecule has 1 saturated carbocycles. The molecule has 0 spiro atoms. The molecule has 0 saturated heterocycles. The fourth-order valence-electron chi connectivity index (χ4n) is 1.64. The maximum Gasteiger partial charge on any atom is 0.182 e. The van der Waals surface area contributed by atoms with E-state index >= 15 is 0 Å². The van der Waals surface area contributed by atoms with E-state index in [2.05, 4.69) is 30.6 Å². The highest BCUT2D eigenvalue weighted by atomic mass is 15.1. The third-order valence-corrected chi connectivity index (χ3v) is 2.65. The van der Waals surface area contributed by atoms with Crippen molar-refractivity contribution in [1.82, 2.24) is 25.3 Å². The van der Waals surface area contributed by atoms with Gasteiger partial charge in [-0.05, 0) is 12.8 Å². The number of anilines is 1. The number of aromatic nitrogens is 4. The highest BCUT2D eigenvalue weighted by Gasteiger charge is 2.19. The minimum atomic E-state index is 0.702. The fraction of sp³-hybridized carbons (Fsp3) is 0.500. The van der Waals surface area contributed by atoms with Crippen molar-refractivity contribution >= 4 is 17.0 Å². The summed E-state index contributed by atoms with van der Waals surface area (Å²) in [4.78, 5) is 15.4. The Kier molecular flexibility index (Phi) is 2.41. The van der Waals surface area contributed by atoms with E-state index in [1.807, 2.05) is 0 Å². The molecule has 0 aliphatic heterocycles. The standard InChI is InChI=1S/C10H14N6/c1-2-7(1)11-3-4-12-9-8-10(14-5-13-8)16-6-15-9/h5-7,11H,1-4H2,(H2,12,13,14,15,16). The van der Waals surface area contributed by atoms with Crippen LogP contribution in [0.3, 0.4) is 0 Å². The van der Waals surface area contributed by atoms with Crippen LogP contribution in [0.2, 0.25) is 0 Å². The normalized spacial score (nSPS) is 15.5. The first kappa shape index (κ1) is 9.53. The first-order chi connectivity index (χ1) is 7.93. The molecule has 0 unspecified atom stereocenters. The number of hydrogen-bond acceptors (Lipinski definition) is 5. The number of imidazole rings is 1. The summed E-state index contributed by atoms with van der Waals surface area (Å²) < 4.78 is 0. The molecule has 6 nitrogen and oxygen atoms in total. The van der Waals surface area contributed by atoms with E-state index in [1.165, 1.54) is 19.2 Å². The van der Waals surface area contributed by atoms with E-state index in [0.29, 0.717) is 5.65 Å². The number of fused-ring (bicyclic) bond motifs is 1. The number of H-pyrrole nitrogens is 1. The maximum atomic E-state index is 4.19. The van der Waals surface area contributed by atoms with E-state index < -0.39 is 0 Å². The molecule has 2 aromatic rings. The van der Waals surface area contributed by atoms with Gasteiger partial charge in [-0.1, -0.05) is 0 Å². The maximum absolute atomic E-state index is 4.19. The van der Waals surface area contributed by atoms with Crippen LogP contribution in [-0.4, -0.2) is 39.1 Å². The molecule has 16 heavy (non-hydrogen) atoms. The molecule has 1 fully saturated rings. The van der Waals surface area contributed by atoms with Gasteiger partial charge in [0.2, 0.25) is 0 Å². The third-order valence-electron chi connectivity index (χ3n) is 2.65. The molecule has 84 valence electrons. The number of hydrogen-bond donors (Lipinski definition) is 3. The van der Waals surface area contributed by atoms with Crippen molar-refractivity contribution in [3.63, 3.8) is 0 Å². The van der Waals surface area contributed by atoms with Crippen LogP contribution in [0, 0.1) is 0 Å². The lowest BCUT2D eigenvalue weighted by atomic mass is 10.4. The predicted molar refractivity (Wildman–Crippen MR) is 61.2 cm³/mol. The van der Waals surface area contributed by atoms with Crippen molar-refractivity contribution in [3.8, 4) is 0 Å². The largest absolute Gasteiger partial charge is 0.367 e. The Morgan fingerprint density at radius 2 is 2.19 bits per heavy atom. The van der Waals surface area contributed by atoms with Gasteiger partial charge in [-0.3, -0.25) is 0 Å². The summed E-state index contributed by atoms with van der Waals surface area (Å²) in [6.07, 6.45) is 5.80.